The van der Waals surface area contributed by atoms with Gasteiger partial charge in [0.2, 0.25) is 5.91 Å². The number of benzene rings is 1. The molecule has 112 valence electrons. The summed E-state index contributed by atoms with van der Waals surface area (Å²) in [4.78, 5) is 25.1. The maximum atomic E-state index is 12.7. The summed E-state index contributed by atoms with van der Waals surface area (Å²) in [6.07, 6.45) is -3.66. The van der Waals surface area contributed by atoms with Gasteiger partial charge in [-0.2, -0.15) is 13.2 Å². The van der Waals surface area contributed by atoms with E-state index in [-0.39, 0.29) is 17.4 Å². The second-order valence-corrected chi connectivity index (χ2v) is 5.54. The number of nitrogens with two attached hydrogens (primary N) is 1. The number of primary amides is 1. The van der Waals surface area contributed by atoms with Crippen molar-refractivity contribution in [3.8, 4) is 0 Å². The van der Waals surface area contributed by atoms with Crippen molar-refractivity contribution < 1.29 is 22.8 Å². The molecule has 0 spiro atoms. The summed E-state index contributed by atoms with van der Waals surface area (Å²) in [6.45, 7) is 0.382. The molecule has 2 N–H and O–H groups in total. The highest BCUT2D eigenvalue weighted by molar-refractivity contribution is 5.98. The third-order valence-corrected chi connectivity index (χ3v) is 4.14. The molecule has 2 aliphatic rings. The summed E-state index contributed by atoms with van der Waals surface area (Å²) in [6, 6.07) is 3.52. The van der Waals surface area contributed by atoms with Gasteiger partial charge in [-0.15, -0.1) is 0 Å². The van der Waals surface area contributed by atoms with E-state index in [9.17, 15) is 22.8 Å². The number of nitrogens with zero attached hydrogens (tertiary/aromatic N) is 1. The lowest BCUT2D eigenvalue weighted by Gasteiger charge is -2.25. The van der Waals surface area contributed by atoms with E-state index < -0.39 is 29.6 Å². The van der Waals surface area contributed by atoms with Gasteiger partial charge in [-0.3, -0.25) is 9.59 Å². The smallest absolute Gasteiger partial charge is 0.368 e. The molecule has 4 nitrogen and oxygen atoms in total. The van der Waals surface area contributed by atoms with Crippen LogP contribution in [0.1, 0.15) is 22.3 Å². The van der Waals surface area contributed by atoms with E-state index in [4.69, 9.17) is 5.73 Å². The molecule has 0 unspecified atom stereocenters. The summed E-state index contributed by atoms with van der Waals surface area (Å²) in [7, 11) is 0. The lowest BCUT2D eigenvalue weighted by molar-refractivity contribution is -0.137. The van der Waals surface area contributed by atoms with Crippen LogP contribution in [-0.2, 0) is 11.0 Å². The molecule has 3 rings (SSSR count). The summed E-state index contributed by atoms with van der Waals surface area (Å²) in [5.41, 5.74) is 4.35. The maximum absolute atomic E-state index is 12.7. The Labute approximate surface area is 118 Å². The Balaban J connectivity index is 1.87. The van der Waals surface area contributed by atoms with E-state index in [2.05, 4.69) is 0 Å². The van der Waals surface area contributed by atoms with Crippen molar-refractivity contribution in [1.82, 2.24) is 4.90 Å². The average molecular weight is 298 g/mol. The van der Waals surface area contributed by atoms with E-state index >= 15 is 0 Å². The van der Waals surface area contributed by atoms with Gasteiger partial charge in [0.05, 0.1) is 5.56 Å². The Morgan fingerprint density at radius 3 is 2.62 bits per heavy atom. The number of halogens is 3. The minimum absolute atomic E-state index is 0.0669. The fourth-order valence-electron chi connectivity index (χ4n) is 3.03. The Morgan fingerprint density at radius 1 is 1.29 bits per heavy atom. The molecule has 1 aliphatic heterocycles. The minimum atomic E-state index is -4.51. The van der Waals surface area contributed by atoms with E-state index in [1.807, 2.05) is 0 Å². The first kappa shape index (κ1) is 13.9. The molecule has 7 heteroatoms. The number of hydrogen-bond acceptors (Lipinski definition) is 2. The van der Waals surface area contributed by atoms with Crippen LogP contribution in [0.15, 0.2) is 24.3 Å². The fourth-order valence-corrected chi connectivity index (χ4v) is 3.03. The lowest BCUT2D eigenvalue weighted by Crippen LogP contribution is -2.46. The van der Waals surface area contributed by atoms with Crippen LogP contribution in [0, 0.1) is 11.8 Å². The quantitative estimate of drug-likeness (QED) is 0.902. The molecule has 0 aromatic heterocycles. The summed E-state index contributed by atoms with van der Waals surface area (Å²) in [5, 5.41) is 0. The number of fused-ring (bicyclic) bond motifs is 1. The number of amides is 2. The van der Waals surface area contributed by atoms with Gasteiger partial charge in [-0.1, -0.05) is 6.07 Å². The summed E-state index contributed by atoms with van der Waals surface area (Å²) >= 11 is 0. The Kier molecular flexibility index (Phi) is 2.96. The summed E-state index contributed by atoms with van der Waals surface area (Å²) < 4.78 is 38.1. The van der Waals surface area contributed by atoms with Crippen LogP contribution in [0.4, 0.5) is 13.2 Å². The molecule has 0 radical (unpaired) electrons. The zero-order chi connectivity index (χ0) is 15.4. The molecule has 1 saturated heterocycles. The van der Waals surface area contributed by atoms with Gasteiger partial charge >= 0.3 is 6.18 Å². The highest BCUT2D eigenvalue weighted by Gasteiger charge is 2.56. The van der Waals surface area contributed by atoms with Crippen LogP contribution in [0.25, 0.3) is 0 Å². The first-order chi connectivity index (χ1) is 9.79. The Morgan fingerprint density at radius 2 is 2.00 bits per heavy atom. The van der Waals surface area contributed by atoms with Crippen molar-refractivity contribution >= 4 is 11.8 Å². The van der Waals surface area contributed by atoms with Crippen LogP contribution in [0.5, 0.6) is 0 Å². The molecule has 1 aromatic rings. The second-order valence-electron chi connectivity index (χ2n) is 5.54. The van der Waals surface area contributed by atoms with Gasteiger partial charge in [0.25, 0.3) is 5.91 Å². The monoisotopic (exact) mass is 298 g/mol. The molecule has 2 amide bonds. The molecule has 3 atom stereocenters. The Bertz CT molecular complexity index is 614. The van der Waals surface area contributed by atoms with Crippen molar-refractivity contribution in [2.24, 2.45) is 17.6 Å². The van der Waals surface area contributed by atoms with Gasteiger partial charge in [0, 0.05) is 12.1 Å². The van der Waals surface area contributed by atoms with E-state index in [1.54, 1.807) is 0 Å². The second kappa shape index (κ2) is 4.47. The summed E-state index contributed by atoms with van der Waals surface area (Å²) in [5.74, 6) is -0.855. The molecular weight excluding hydrogens is 285 g/mol. The first-order valence-corrected chi connectivity index (χ1v) is 6.56. The maximum Gasteiger partial charge on any atom is 0.416 e. The van der Waals surface area contributed by atoms with Crippen LogP contribution < -0.4 is 5.73 Å². The van der Waals surface area contributed by atoms with Crippen LogP contribution in [0.3, 0.4) is 0 Å². The number of rotatable bonds is 2. The average Bonchev–Trinajstić information content (AvgIpc) is 3.07. The van der Waals surface area contributed by atoms with Gasteiger partial charge < -0.3 is 10.6 Å². The highest BCUT2D eigenvalue weighted by Crippen LogP contribution is 2.49. The molecule has 2 fully saturated rings. The van der Waals surface area contributed by atoms with Crippen molar-refractivity contribution in [2.75, 3.05) is 6.54 Å². The van der Waals surface area contributed by atoms with Crippen LogP contribution in [-0.4, -0.2) is 29.3 Å². The zero-order valence-electron chi connectivity index (χ0n) is 10.9. The van der Waals surface area contributed by atoms with Gasteiger partial charge in [-0.05, 0) is 36.5 Å². The molecule has 1 saturated carbocycles. The number of likely N-dealkylation sites (tertiary alicyclic amines) is 1. The number of hydrogen-bond donors (Lipinski definition) is 1. The number of piperidine rings is 1. The van der Waals surface area contributed by atoms with Crippen molar-refractivity contribution in [3.63, 3.8) is 0 Å². The lowest BCUT2D eigenvalue weighted by atomic mass is 10.1. The third-order valence-electron chi connectivity index (χ3n) is 4.14. The largest absolute Gasteiger partial charge is 0.416 e. The third kappa shape index (κ3) is 2.36. The molecule has 1 heterocycles. The normalized spacial score (nSPS) is 27.4. The van der Waals surface area contributed by atoms with Gasteiger partial charge in [0.15, 0.2) is 0 Å². The predicted octanol–water partition coefficient (Wildman–Crippen LogP) is 1.65. The van der Waals surface area contributed by atoms with Crippen LogP contribution in [0.2, 0.25) is 0 Å². The number of alkyl halides is 3. The number of carbonyl (C=O) groups excluding carboxylic acids is 2. The first-order valence-electron chi connectivity index (χ1n) is 6.56. The zero-order valence-corrected chi connectivity index (χ0v) is 10.9. The van der Waals surface area contributed by atoms with Crippen molar-refractivity contribution in [3.05, 3.63) is 35.4 Å². The fraction of sp³-hybridized carbons (Fsp3) is 0.429. The topological polar surface area (TPSA) is 63.4 Å². The standard InChI is InChI=1S/C14H13F3N2O2/c15-14(16,17)9-3-1-2-7(4-9)13(21)19-6-8-5-10(8)11(19)12(18)20/h1-4,8,10-11H,5-6H2,(H2,18,20)/t8-,10-,11+/m1/s1. The van der Waals surface area contributed by atoms with E-state index in [0.717, 1.165) is 18.6 Å². The molecule has 0 bridgehead atoms. The van der Waals surface area contributed by atoms with E-state index in [0.29, 0.717) is 6.54 Å². The molecule has 21 heavy (non-hydrogen) atoms. The van der Waals surface area contributed by atoms with E-state index in [1.165, 1.54) is 17.0 Å². The van der Waals surface area contributed by atoms with Crippen molar-refractivity contribution in [2.45, 2.75) is 18.6 Å². The van der Waals surface area contributed by atoms with Gasteiger partial charge in [0.1, 0.15) is 6.04 Å². The molecule has 1 aromatic carbocycles. The van der Waals surface area contributed by atoms with Crippen LogP contribution >= 0.6 is 0 Å². The van der Waals surface area contributed by atoms with Crippen molar-refractivity contribution in [1.29, 1.82) is 0 Å². The molecular formula is C14H13F3N2O2. The minimum Gasteiger partial charge on any atom is -0.368 e. The molecule has 1 aliphatic carbocycles. The highest BCUT2D eigenvalue weighted by atomic mass is 19.4. The number of carbonyl (C=O) groups is 2. The SMILES string of the molecule is NC(=O)[C@@H]1[C@@H]2C[C@@H]2CN1C(=O)c1cccc(C(F)(F)F)c1. The van der Waals surface area contributed by atoms with Gasteiger partial charge in [-0.25, -0.2) is 0 Å². The predicted molar refractivity (Wildman–Crippen MR) is 67.1 cm³/mol. The Hall–Kier alpha value is -2.05.